The lowest BCUT2D eigenvalue weighted by Gasteiger charge is -2.34. The zero-order valence-electron chi connectivity index (χ0n) is 14.3. The maximum absolute atomic E-state index is 12.7. The first-order valence-corrected chi connectivity index (χ1v) is 8.90. The SMILES string of the molecule is O=C(NC1CCN(C(=O)c2ccno2)c2ccccc21)c1ccccc1Cl. The quantitative estimate of drug-likeness (QED) is 0.747. The van der Waals surface area contributed by atoms with E-state index in [-0.39, 0.29) is 23.6 Å². The van der Waals surface area contributed by atoms with Gasteiger partial charge in [-0.25, -0.2) is 0 Å². The number of benzene rings is 2. The number of halogens is 1. The summed E-state index contributed by atoms with van der Waals surface area (Å²) in [5, 5.41) is 7.03. The van der Waals surface area contributed by atoms with Gasteiger partial charge in [0.25, 0.3) is 11.8 Å². The molecule has 3 aromatic rings. The van der Waals surface area contributed by atoms with Crippen LogP contribution in [0.1, 0.15) is 38.9 Å². The van der Waals surface area contributed by atoms with Crippen molar-refractivity contribution in [3.63, 3.8) is 0 Å². The largest absolute Gasteiger partial charge is 0.351 e. The van der Waals surface area contributed by atoms with Gasteiger partial charge in [0.2, 0.25) is 5.76 Å². The Labute approximate surface area is 160 Å². The zero-order chi connectivity index (χ0) is 18.8. The number of anilines is 1. The number of hydrogen-bond acceptors (Lipinski definition) is 4. The number of amides is 2. The standard InChI is InChI=1S/C20H16ClN3O3/c21-15-7-3-1-5-13(15)19(25)23-16-10-12-24(17-8-4-2-6-14(16)17)20(26)18-9-11-22-27-18/h1-9,11,16H,10,12H2,(H,23,25). The van der Waals surface area contributed by atoms with Crippen LogP contribution < -0.4 is 10.2 Å². The Hall–Kier alpha value is -3.12. The molecule has 7 heteroatoms. The number of hydrogen-bond donors (Lipinski definition) is 1. The maximum atomic E-state index is 12.7. The van der Waals surface area contributed by atoms with Crippen molar-refractivity contribution in [2.45, 2.75) is 12.5 Å². The van der Waals surface area contributed by atoms with Gasteiger partial charge in [-0.2, -0.15) is 0 Å². The summed E-state index contributed by atoms with van der Waals surface area (Å²) in [6.45, 7) is 0.448. The number of aromatic nitrogens is 1. The van der Waals surface area contributed by atoms with Crippen molar-refractivity contribution in [3.8, 4) is 0 Å². The van der Waals surface area contributed by atoms with Gasteiger partial charge in [0.05, 0.1) is 22.8 Å². The summed E-state index contributed by atoms with van der Waals surface area (Å²) >= 11 is 6.13. The molecule has 2 heterocycles. The number of nitrogens with one attached hydrogen (secondary N) is 1. The monoisotopic (exact) mass is 381 g/mol. The van der Waals surface area contributed by atoms with Gasteiger partial charge in [-0.15, -0.1) is 0 Å². The fraction of sp³-hybridized carbons (Fsp3) is 0.150. The average Bonchev–Trinajstić information content (AvgIpc) is 3.23. The van der Waals surface area contributed by atoms with Gasteiger partial charge < -0.3 is 14.7 Å². The first kappa shape index (κ1) is 17.3. The third-order valence-electron chi connectivity index (χ3n) is 4.56. The van der Waals surface area contributed by atoms with Crippen LogP contribution in [0.15, 0.2) is 65.3 Å². The van der Waals surface area contributed by atoms with Crippen LogP contribution in [0.5, 0.6) is 0 Å². The van der Waals surface area contributed by atoms with E-state index in [1.807, 2.05) is 24.3 Å². The van der Waals surface area contributed by atoms with Crippen LogP contribution in [0, 0.1) is 0 Å². The van der Waals surface area contributed by atoms with Crippen LogP contribution in [-0.2, 0) is 0 Å². The predicted molar refractivity (Wildman–Crippen MR) is 101 cm³/mol. The Kier molecular flexibility index (Phi) is 4.64. The van der Waals surface area contributed by atoms with Crippen LogP contribution in [0.2, 0.25) is 5.02 Å². The second-order valence-corrected chi connectivity index (χ2v) is 6.59. The van der Waals surface area contributed by atoms with Crippen LogP contribution in [0.25, 0.3) is 0 Å². The van der Waals surface area contributed by atoms with Crippen LogP contribution in [0.4, 0.5) is 5.69 Å². The summed E-state index contributed by atoms with van der Waals surface area (Å²) in [5.41, 5.74) is 2.04. The van der Waals surface area contributed by atoms with Gasteiger partial charge in [-0.1, -0.05) is 47.1 Å². The van der Waals surface area contributed by atoms with E-state index in [9.17, 15) is 9.59 Å². The minimum Gasteiger partial charge on any atom is -0.351 e. The first-order valence-electron chi connectivity index (χ1n) is 8.52. The highest BCUT2D eigenvalue weighted by Gasteiger charge is 2.31. The van der Waals surface area contributed by atoms with Crippen molar-refractivity contribution in [2.75, 3.05) is 11.4 Å². The molecule has 0 spiro atoms. The second-order valence-electron chi connectivity index (χ2n) is 6.19. The molecule has 4 rings (SSSR count). The van der Waals surface area contributed by atoms with Gasteiger partial charge in [-0.05, 0) is 30.2 Å². The number of fused-ring (bicyclic) bond motifs is 1. The Bertz CT molecular complexity index is 988. The molecular weight excluding hydrogens is 366 g/mol. The lowest BCUT2D eigenvalue weighted by molar-refractivity contribution is 0.0930. The average molecular weight is 382 g/mol. The number of carbonyl (C=O) groups is 2. The molecule has 0 aliphatic carbocycles. The van der Waals surface area contributed by atoms with Gasteiger partial charge in [0.15, 0.2) is 0 Å². The third kappa shape index (κ3) is 3.31. The minimum absolute atomic E-state index is 0.184. The Morgan fingerprint density at radius 1 is 1.11 bits per heavy atom. The van der Waals surface area contributed by atoms with Crippen LogP contribution in [-0.4, -0.2) is 23.5 Å². The van der Waals surface area contributed by atoms with Crippen molar-refractivity contribution in [1.29, 1.82) is 0 Å². The molecule has 1 atom stereocenters. The summed E-state index contributed by atoms with van der Waals surface area (Å²) in [7, 11) is 0. The fourth-order valence-electron chi connectivity index (χ4n) is 3.26. The number of carbonyl (C=O) groups excluding carboxylic acids is 2. The summed E-state index contributed by atoms with van der Waals surface area (Å²) in [6.07, 6.45) is 2.02. The molecule has 0 saturated carbocycles. The van der Waals surface area contributed by atoms with E-state index in [2.05, 4.69) is 10.5 Å². The minimum atomic E-state index is -0.254. The molecule has 0 radical (unpaired) electrons. The molecule has 1 unspecified atom stereocenters. The van der Waals surface area contributed by atoms with Gasteiger partial charge >= 0.3 is 0 Å². The highest BCUT2D eigenvalue weighted by atomic mass is 35.5. The van der Waals surface area contributed by atoms with E-state index >= 15 is 0 Å². The lowest BCUT2D eigenvalue weighted by atomic mass is 9.95. The lowest BCUT2D eigenvalue weighted by Crippen LogP contribution is -2.41. The normalized spacial score (nSPS) is 15.9. The van der Waals surface area contributed by atoms with Gasteiger partial charge in [0.1, 0.15) is 0 Å². The van der Waals surface area contributed by atoms with Crippen molar-refractivity contribution >= 4 is 29.1 Å². The van der Waals surface area contributed by atoms with E-state index in [4.69, 9.17) is 16.1 Å². The fourth-order valence-corrected chi connectivity index (χ4v) is 3.49. The number of nitrogens with zero attached hydrogens (tertiary/aromatic N) is 2. The second kappa shape index (κ2) is 7.25. The smallest absolute Gasteiger partial charge is 0.296 e. The Balaban J connectivity index is 1.61. The maximum Gasteiger partial charge on any atom is 0.296 e. The summed E-state index contributed by atoms with van der Waals surface area (Å²) < 4.78 is 5.00. The van der Waals surface area contributed by atoms with Crippen molar-refractivity contribution in [1.82, 2.24) is 10.5 Å². The summed E-state index contributed by atoms with van der Waals surface area (Å²) in [6, 6.07) is 15.8. The van der Waals surface area contributed by atoms with E-state index in [0.29, 0.717) is 23.6 Å². The number of para-hydroxylation sites is 1. The van der Waals surface area contributed by atoms with E-state index in [1.54, 1.807) is 29.2 Å². The topological polar surface area (TPSA) is 75.4 Å². The first-order chi connectivity index (χ1) is 13.1. The molecular formula is C20H16ClN3O3. The molecule has 6 nitrogen and oxygen atoms in total. The predicted octanol–water partition coefficient (Wildman–Crippen LogP) is 3.85. The zero-order valence-corrected chi connectivity index (χ0v) is 15.0. The number of rotatable bonds is 3. The molecule has 1 aromatic heterocycles. The van der Waals surface area contributed by atoms with Crippen LogP contribution in [0.3, 0.4) is 0 Å². The molecule has 27 heavy (non-hydrogen) atoms. The van der Waals surface area contributed by atoms with Crippen LogP contribution >= 0.6 is 11.6 Å². The Morgan fingerprint density at radius 3 is 2.67 bits per heavy atom. The van der Waals surface area contributed by atoms with E-state index in [0.717, 1.165) is 11.3 Å². The third-order valence-corrected chi connectivity index (χ3v) is 4.89. The summed E-state index contributed by atoms with van der Waals surface area (Å²) in [4.78, 5) is 27.0. The van der Waals surface area contributed by atoms with E-state index < -0.39 is 0 Å². The molecule has 0 fully saturated rings. The molecule has 0 saturated heterocycles. The van der Waals surface area contributed by atoms with E-state index in [1.165, 1.54) is 12.3 Å². The molecule has 1 aliphatic heterocycles. The molecule has 2 amide bonds. The van der Waals surface area contributed by atoms with Crippen molar-refractivity contribution < 1.29 is 14.1 Å². The Morgan fingerprint density at radius 2 is 1.89 bits per heavy atom. The molecule has 136 valence electrons. The summed E-state index contributed by atoms with van der Waals surface area (Å²) in [5.74, 6) is -0.311. The molecule has 2 aromatic carbocycles. The van der Waals surface area contributed by atoms with Gasteiger partial charge in [0, 0.05) is 18.3 Å². The van der Waals surface area contributed by atoms with Crippen molar-refractivity contribution in [2.24, 2.45) is 0 Å². The van der Waals surface area contributed by atoms with Crippen molar-refractivity contribution in [3.05, 3.63) is 82.7 Å². The molecule has 1 aliphatic rings. The highest BCUT2D eigenvalue weighted by Crippen LogP contribution is 2.35. The highest BCUT2D eigenvalue weighted by molar-refractivity contribution is 6.33. The van der Waals surface area contributed by atoms with Gasteiger partial charge in [-0.3, -0.25) is 9.59 Å². The molecule has 1 N–H and O–H groups in total. The molecule has 0 bridgehead atoms.